The fraction of sp³-hybridized carbons (Fsp3) is 0.576. The van der Waals surface area contributed by atoms with E-state index in [1.165, 1.54) is 36.5 Å². The zero-order chi connectivity index (χ0) is 26.1. The molecular formula is C33H41FO3. The molecule has 1 saturated heterocycles. The Hall–Kier alpha value is -2.49. The predicted octanol–water partition coefficient (Wildman–Crippen LogP) is 7.72. The molecule has 3 aliphatic carbocycles. The highest BCUT2D eigenvalue weighted by molar-refractivity contribution is 5.76. The van der Waals surface area contributed by atoms with E-state index in [1.54, 1.807) is 19.1 Å². The molecule has 0 spiro atoms. The molecule has 3 fully saturated rings. The number of halogens is 1. The van der Waals surface area contributed by atoms with Gasteiger partial charge in [0.2, 0.25) is 0 Å². The topological polar surface area (TPSA) is 43.4 Å². The van der Waals surface area contributed by atoms with Gasteiger partial charge in [0.25, 0.3) is 0 Å². The minimum atomic E-state index is -0.197. The van der Waals surface area contributed by atoms with Gasteiger partial charge >= 0.3 is 5.97 Å². The molecular weight excluding hydrogens is 463 g/mol. The smallest absolute Gasteiger partial charge is 0.309 e. The van der Waals surface area contributed by atoms with Crippen LogP contribution in [0.2, 0.25) is 0 Å². The fourth-order valence-corrected chi connectivity index (χ4v) is 7.91. The van der Waals surface area contributed by atoms with E-state index in [-0.39, 0.29) is 35.5 Å². The number of cyclic esters (lactones) is 1. The number of carbonyl (C=O) groups is 2. The molecule has 0 N–H and O–H groups in total. The van der Waals surface area contributed by atoms with Crippen LogP contribution in [0.3, 0.4) is 0 Å². The minimum absolute atomic E-state index is 0.00113. The van der Waals surface area contributed by atoms with E-state index in [4.69, 9.17) is 4.74 Å². The van der Waals surface area contributed by atoms with Gasteiger partial charge in [0.1, 0.15) is 17.7 Å². The van der Waals surface area contributed by atoms with E-state index in [2.05, 4.69) is 38.2 Å². The van der Waals surface area contributed by atoms with Crippen LogP contribution in [0.25, 0.3) is 5.57 Å². The summed E-state index contributed by atoms with van der Waals surface area (Å²) < 4.78 is 19.5. The van der Waals surface area contributed by atoms with Gasteiger partial charge in [-0.15, -0.1) is 0 Å². The number of hydrogen-bond acceptors (Lipinski definition) is 3. The molecule has 0 bridgehead atoms. The Morgan fingerprint density at radius 2 is 2.00 bits per heavy atom. The van der Waals surface area contributed by atoms with Gasteiger partial charge in [-0.25, -0.2) is 4.39 Å². The van der Waals surface area contributed by atoms with Crippen molar-refractivity contribution in [3.63, 3.8) is 0 Å². The second-order valence-corrected chi connectivity index (χ2v) is 12.2. The summed E-state index contributed by atoms with van der Waals surface area (Å²) in [6.07, 6.45) is 17.3. The lowest BCUT2D eigenvalue weighted by Crippen LogP contribution is -2.44. The molecule has 4 heteroatoms. The zero-order valence-electron chi connectivity index (χ0n) is 22.5. The average molecular weight is 505 g/mol. The van der Waals surface area contributed by atoms with E-state index in [9.17, 15) is 14.0 Å². The first kappa shape index (κ1) is 26.1. The Labute approximate surface area is 221 Å². The van der Waals surface area contributed by atoms with Crippen LogP contribution in [-0.4, -0.2) is 17.9 Å². The summed E-state index contributed by atoms with van der Waals surface area (Å²) in [6.45, 7) is 5.97. The molecule has 3 nitrogen and oxygen atoms in total. The van der Waals surface area contributed by atoms with Crippen LogP contribution in [0.5, 0.6) is 0 Å². The van der Waals surface area contributed by atoms with Gasteiger partial charge in [0.15, 0.2) is 0 Å². The molecule has 2 unspecified atom stereocenters. The van der Waals surface area contributed by atoms with Crippen LogP contribution in [0.1, 0.15) is 77.7 Å². The van der Waals surface area contributed by atoms with Crippen molar-refractivity contribution in [3.8, 4) is 0 Å². The second-order valence-electron chi connectivity index (χ2n) is 12.2. The molecule has 0 amide bonds. The van der Waals surface area contributed by atoms with E-state index < -0.39 is 0 Å². The lowest BCUT2D eigenvalue weighted by Gasteiger charge is -2.47. The maximum absolute atomic E-state index is 13.8. The lowest BCUT2D eigenvalue weighted by molar-refractivity contribution is -0.144. The molecule has 1 aromatic rings. The highest BCUT2D eigenvalue weighted by Crippen LogP contribution is 2.55. The first-order chi connectivity index (χ1) is 17.8. The van der Waals surface area contributed by atoms with Crippen molar-refractivity contribution in [1.82, 2.24) is 0 Å². The number of Topliss-reactive ketones (excluding diaryl/α,β-unsaturated/α-hetero) is 1. The number of fused-ring (bicyclic) bond motifs is 2. The van der Waals surface area contributed by atoms with E-state index in [1.807, 2.05) is 6.07 Å². The first-order valence-corrected chi connectivity index (χ1v) is 14.3. The predicted molar refractivity (Wildman–Crippen MR) is 145 cm³/mol. The average Bonchev–Trinajstić information content (AvgIpc) is 3.14. The van der Waals surface area contributed by atoms with Crippen LogP contribution in [0, 0.1) is 47.2 Å². The number of ether oxygens (including phenoxy) is 1. The van der Waals surface area contributed by atoms with Crippen molar-refractivity contribution >= 4 is 17.3 Å². The van der Waals surface area contributed by atoms with Crippen molar-refractivity contribution in [1.29, 1.82) is 0 Å². The van der Waals surface area contributed by atoms with Crippen LogP contribution in [-0.2, 0) is 14.3 Å². The molecule has 1 aliphatic heterocycles. The summed E-state index contributed by atoms with van der Waals surface area (Å²) in [5.41, 5.74) is 3.43. The van der Waals surface area contributed by atoms with Crippen molar-refractivity contribution in [3.05, 3.63) is 65.5 Å². The van der Waals surface area contributed by atoms with Gasteiger partial charge in [0.05, 0.1) is 5.92 Å². The molecule has 1 aromatic carbocycles. The van der Waals surface area contributed by atoms with E-state index in [0.717, 1.165) is 31.2 Å². The maximum atomic E-state index is 13.8. The fourth-order valence-electron chi connectivity index (χ4n) is 7.91. The third-order valence-corrected chi connectivity index (χ3v) is 9.64. The van der Waals surface area contributed by atoms with Crippen molar-refractivity contribution in [2.24, 2.45) is 41.4 Å². The maximum Gasteiger partial charge on any atom is 0.309 e. The van der Waals surface area contributed by atoms with Crippen molar-refractivity contribution in [2.75, 3.05) is 0 Å². The van der Waals surface area contributed by atoms with Crippen molar-refractivity contribution in [2.45, 2.75) is 78.2 Å². The molecule has 4 aliphatic rings. The number of carbonyl (C=O) groups excluding carboxylic acids is 2. The molecule has 0 radical (unpaired) electrons. The minimum Gasteiger partial charge on any atom is -0.462 e. The molecule has 5 rings (SSSR count). The monoisotopic (exact) mass is 504 g/mol. The first-order valence-electron chi connectivity index (χ1n) is 14.3. The number of esters is 1. The number of hydrogen-bond donors (Lipinski definition) is 0. The molecule has 2 saturated carbocycles. The Kier molecular flexibility index (Phi) is 7.83. The van der Waals surface area contributed by atoms with Crippen LogP contribution < -0.4 is 0 Å². The zero-order valence-corrected chi connectivity index (χ0v) is 22.5. The largest absolute Gasteiger partial charge is 0.462 e. The summed E-state index contributed by atoms with van der Waals surface area (Å²) in [6, 6.07) is 6.87. The van der Waals surface area contributed by atoms with E-state index >= 15 is 0 Å². The third-order valence-electron chi connectivity index (χ3n) is 9.64. The van der Waals surface area contributed by atoms with Gasteiger partial charge in [-0.05, 0) is 104 Å². The molecule has 1 heterocycles. The Morgan fingerprint density at radius 3 is 2.76 bits per heavy atom. The summed E-state index contributed by atoms with van der Waals surface area (Å²) in [5.74, 6) is 2.87. The number of benzene rings is 1. The summed E-state index contributed by atoms with van der Waals surface area (Å²) in [7, 11) is 0. The van der Waals surface area contributed by atoms with Crippen molar-refractivity contribution < 1.29 is 18.7 Å². The molecule has 8 atom stereocenters. The number of allylic oxidation sites excluding steroid dienone is 6. The van der Waals surface area contributed by atoms with Gasteiger partial charge in [0, 0.05) is 12.3 Å². The van der Waals surface area contributed by atoms with Gasteiger partial charge in [-0.1, -0.05) is 56.2 Å². The third kappa shape index (κ3) is 5.68. The second kappa shape index (κ2) is 11.1. The number of rotatable bonds is 7. The normalized spacial score (nSPS) is 35.4. The highest BCUT2D eigenvalue weighted by atomic mass is 19.1. The Bertz CT molecular complexity index is 1110. The van der Waals surface area contributed by atoms with Crippen LogP contribution in [0.15, 0.2) is 54.1 Å². The van der Waals surface area contributed by atoms with Crippen LogP contribution in [0.4, 0.5) is 4.39 Å². The summed E-state index contributed by atoms with van der Waals surface area (Å²) in [4.78, 5) is 24.2. The standard InChI is InChI=1S/C33H41FO3/c1-20-16-24(10-13-28(20)25-8-5-9-27(34)18-25)12-15-30-29-14-11-23(7-4-6-21(2)35)17-26(29)19-31-32(30)22(3)37-33(31)36/h5,8-10,12-13,15,18,20,22-23,26,29-32H,4,6-7,11,14,16-17,19H2,1-3H3/b15-12+/t20?,22-,23?,26+,29-,30+,31+,32+/m0/s1. The molecule has 37 heavy (non-hydrogen) atoms. The Morgan fingerprint density at radius 1 is 1.16 bits per heavy atom. The summed E-state index contributed by atoms with van der Waals surface area (Å²) >= 11 is 0. The van der Waals surface area contributed by atoms with Gasteiger partial charge < -0.3 is 9.53 Å². The van der Waals surface area contributed by atoms with E-state index in [0.29, 0.717) is 36.0 Å². The van der Waals surface area contributed by atoms with Gasteiger partial charge in [-0.2, -0.15) is 0 Å². The summed E-state index contributed by atoms with van der Waals surface area (Å²) in [5, 5.41) is 0. The molecule has 198 valence electrons. The SMILES string of the molecule is CC(=O)CCCC1CC[C@H]2[C@H](C1)C[C@H]1C(=O)O[C@@H](C)[C@@H]1[C@@H]2/C=C/C1=CC=C(c2cccc(F)c2)C(C)C1. The van der Waals surface area contributed by atoms with Crippen LogP contribution >= 0.6 is 0 Å². The highest BCUT2D eigenvalue weighted by Gasteiger charge is 2.54. The van der Waals surface area contributed by atoms with Gasteiger partial charge in [-0.3, -0.25) is 4.79 Å². The quantitative estimate of drug-likeness (QED) is 0.357. The Balaban J connectivity index is 1.33. The lowest BCUT2D eigenvalue weighted by atomic mass is 9.55. The number of ketones is 1. The molecule has 0 aromatic heterocycles.